The van der Waals surface area contributed by atoms with Gasteiger partial charge in [-0.05, 0) is 0 Å². The van der Waals surface area contributed by atoms with Crippen molar-refractivity contribution in [2.45, 2.75) is 19.8 Å². The van der Waals surface area contributed by atoms with E-state index in [1.54, 1.807) is 7.05 Å². The third-order valence-electron chi connectivity index (χ3n) is 2.02. The Bertz CT molecular complexity index is 266. The molecule has 0 atom stereocenters. The third kappa shape index (κ3) is 6.80. The molecule has 0 rings (SSSR count). The molecule has 0 aromatic rings. The monoisotopic (exact) mass is 230 g/mol. The van der Waals surface area contributed by atoms with E-state index in [1.165, 1.54) is 18.9 Å². The summed E-state index contributed by atoms with van der Waals surface area (Å²) in [5, 5.41) is 2.53. The largest absolute Gasteiger partial charge is 0.469 e. The van der Waals surface area contributed by atoms with Gasteiger partial charge in [0.15, 0.2) is 0 Å². The number of nitrogens with one attached hydrogen (secondary N) is 1. The van der Waals surface area contributed by atoms with Crippen molar-refractivity contribution >= 4 is 17.8 Å². The highest BCUT2D eigenvalue weighted by atomic mass is 16.5. The second-order valence-corrected chi connectivity index (χ2v) is 3.37. The Morgan fingerprint density at radius 1 is 1.25 bits per heavy atom. The minimum Gasteiger partial charge on any atom is -0.469 e. The second-order valence-electron chi connectivity index (χ2n) is 3.37. The van der Waals surface area contributed by atoms with E-state index >= 15 is 0 Å². The lowest BCUT2D eigenvalue weighted by Crippen LogP contribution is -2.32. The van der Waals surface area contributed by atoms with Crippen LogP contribution in [0.2, 0.25) is 0 Å². The molecule has 2 amide bonds. The van der Waals surface area contributed by atoms with Gasteiger partial charge in [0.05, 0.1) is 13.5 Å². The van der Waals surface area contributed by atoms with E-state index in [0.717, 1.165) is 0 Å². The van der Waals surface area contributed by atoms with Crippen LogP contribution in [0.5, 0.6) is 0 Å². The van der Waals surface area contributed by atoms with E-state index in [0.29, 0.717) is 13.1 Å². The molecule has 6 heteroatoms. The van der Waals surface area contributed by atoms with E-state index < -0.39 is 0 Å². The molecule has 16 heavy (non-hydrogen) atoms. The lowest BCUT2D eigenvalue weighted by molar-refractivity contribution is -0.141. The van der Waals surface area contributed by atoms with Gasteiger partial charge >= 0.3 is 5.97 Å². The van der Waals surface area contributed by atoms with Gasteiger partial charge in [-0.3, -0.25) is 14.4 Å². The van der Waals surface area contributed by atoms with Gasteiger partial charge in [-0.2, -0.15) is 0 Å². The molecule has 0 aliphatic heterocycles. The molecule has 0 radical (unpaired) electrons. The van der Waals surface area contributed by atoms with Crippen LogP contribution in [-0.4, -0.2) is 49.9 Å². The molecular weight excluding hydrogens is 212 g/mol. The Balaban J connectivity index is 3.73. The maximum atomic E-state index is 11.4. The zero-order valence-corrected chi connectivity index (χ0v) is 9.91. The van der Waals surface area contributed by atoms with Crippen molar-refractivity contribution in [1.82, 2.24) is 10.2 Å². The number of methoxy groups -OCH3 is 1. The fourth-order valence-corrected chi connectivity index (χ4v) is 1.02. The molecule has 0 bridgehead atoms. The van der Waals surface area contributed by atoms with Gasteiger partial charge in [-0.25, -0.2) is 0 Å². The molecule has 1 N–H and O–H groups in total. The maximum absolute atomic E-state index is 11.4. The molecule has 0 aromatic heterocycles. The van der Waals surface area contributed by atoms with Crippen molar-refractivity contribution in [2.24, 2.45) is 0 Å². The van der Waals surface area contributed by atoms with Crippen LogP contribution in [0.4, 0.5) is 0 Å². The van der Waals surface area contributed by atoms with Crippen LogP contribution in [-0.2, 0) is 19.1 Å². The number of carbonyl (C=O) groups is 3. The Morgan fingerprint density at radius 3 is 2.38 bits per heavy atom. The van der Waals surface area contributed by atoms with Crippen molar-refractivity contribution in [2.75, 3.05) is 27.2 Å². The number of rotatable bonds is 6. The predicted octanol–water partition coefficient (Wildman–Crippen LogP) is -0.466. The number of hydrogen-bond donors (Lipinski definition) is 1. The van der Waals surface area contributed by atoms with Crippen LogP contribution >= 0.6 is 0 Å². The molecule has 0 heterocycles. The van der Waals surface area contributed by atoms with Gasteiger partial charge in [0, 0.05) is 33.5 Å². The fourth-order valence-electron chi connectivity index (χ4n) is 1.02. The first kappa shape index (κ1) is 14.4. The molecular formula is C10H18N2O4. The van der Waals surface area contributed by atoms with E-state index in [-0.39, 0.29) is 30.6 Å². The molecule has 0 saturated heterocycles. The molecule has 0 spiro atoms. The molecule has 0 aromatic carbocycles. The zero-order chi connectivity index (χ0) is 12.6. The summed E-state index contributed by atoms with van der Waals surface area (Å²) >= 11 is 0. The van der Waals surface area contributed by atoms with Crippen molar-refractivity contribution in [3.05, 3.63) is 0 Å². The number of amides is 2. The van der Waals surface area contributed by atoms with Gasteiger partial charge in [-0.1, -0.05) is 0 Å². The van der Waals surface area contributed by atoms with Gasteiger partial charge in [0.2, 0.25) is 11.8 Å². The first-order valence-electron chi connectivity index (χ1n) is 5.02. The summed E-state index contributed by atoms with van der Waals surface area (Å²) in [4.78, 5) is 34.3. The van der Waals surface area contributed by atoms with Crippen molar-refractivity contribution < 1.29 is 19.1 Å². The lowest BCUT2D eigenvalue weighted by atomic mass is 10.3. The molecule has 92 valence electrons. The second kappa shape index (κ2) is 7.67. The summed E-state index contributed by atoms with van der Waals surface area (Å²) in [6, 6.07) is 0. The normalized spacial score (nSPS) is 9.44. The van der Waals surface area contributed by atoms with Gasteiger partial charge in [-0.15, -0.1) is 0 Å². The van der Waals surface area contributed by atoms with Crippen LogP contribution in [0, 0.1) is 0 Å². The highest BCUT2D eigenvalue weighted by molar-refractivity contribution is 5.78. The summed E-state index contributed by atoms with van der Waals surface area (Å²) in [6.07, 6.45) is 0.413. The summed E-state index contributed by atoms with van der Waals surface area (Å²) in [7, 11) is 2.92. The highest BCUT2D eigenvalue weighted by Crippen LogP contribution is 1.94. The first-order chi connectivity index (χ1) is 7.47. The van der Waals surface area contributed by atoms with Gasteiger partial charge < -0.3 is 15.0 Å². The molecule has 0 aliphatic rings. The number of nitrogens with zero attached hydrogens (tertiary/aromatic N) is 1. The quantitative estimate of drug-likeness (QED) is 0.626. The van der Waals surface area contributed by atoms with Crippen LogP contribution in [0.25, 0.3) is 0 Å². The standard InChI is InChI=1S/C10H18N2O4/c1-8(13)11-6-4-9(14)12(2)7-5-10(15)16-3/h4-7H2,1-3H3,(H,11,13). The number of esters is 1. The first-order valence-corrected chi connectivity index (χ1v) is 5.02. The summed E-state index contributed by atoms with van der Waals surface area (Å²) in [5.74, 6) is -0.621. The number of hydrogen-bond acceptors (Lipinski definition) is 4. The summed E-state index contributed by atoms with van der Waals surface area (Å²) in [5.41, 5.74) is 0. The number of carbonyl (C=O) groups excluding carboxylic acids is 3. The van der Waals surface area contributed by atoms with Gasteiger partial charge in [0.25, 0.3) is 0 Å². The van der Waals surface area contributed by atoms with Gasteiger partial charge in [0.1, 0.15) is 0 Å². The van der Waals surface area contributed by atoms with E-state index in [9.17, 15) is 14.4 Å². The third-order valence-corrected chi connectivity index (χ3v) is 2.02. The van der Waals surface area contributed by atoms with Crippen molar-refractivity contribution in [1.29, 1.82) is 0 Å². The topological polar surface area (TPSA) is 75.7 Å². The molecule has 6 nitrogen and oxygen atoms in total. The van der Waals surface area contributed by atoms with Crippen molar-refractivity contribution in [3.8, 4) is 0 Å². The average Bonchev–Trinajstić information content (AvgIpc) is 2.24. The Labute approximate surface area is 94.9 Å². The zero-order valence-electron chi connectivity index (χ0n) is 9.91. The summed E-state index contributed by atoms with van der Waals surface area (Å²) < 4.78 is 4.46. The van der Waals surface area contributed by atoms with Crippen LogP contribution in [0.1, 0.15) is 19.8 Å². The average molecular weight is 230 g/mol. The van der Waals surface area contributed by atoms with E-state index in [4.69, 9.17) is 0 Å². The van der Waals surface area contributed by atoms with Crippen LogP contribution < -0.4 is 5.32 Å². The molecule has 0 saturated carbocycles. The Kier molecular flexibility index (Phi) is 6.91. The smallest absolute Gasteiger partial charge is 0.307 e. The number of ether oxygens (including phenoxy) is 1. The summed E-state index contributed by atoms with van der Waals surface area (Å²) in [6.45, 7) is 2.04. The van der Waals surface area contributed by atoms with Crippen LogP contribution in [0.15, 0.2) is 0 Å². The Hall–Kier alpha value is -1.59. The lowest BCUT2D eigenvalue weighted by Gasteiger charge is -2.16. The van der Waals surface area contributed by atoms with E-state index in [1.807, 2.05) is 0 Å². The molecule has 0 aliphatic carbocycles. The molecule has 0 fully saturated rings. The fraction of sp³-hybridized carbons (Fsp3) is 0.700. The Morgan fingerprint density at radius 2 is 1.88 bits per heavy atom. The highest BCUT2D eigenvalue weighted by Gasteiger charge is 2.10. The molecule has 0 unspecified atom stereocenters. The SMILES string of the molecule is COC(=O)CCN(C)C(=O)CCNC(C)=O. The van der Waals surface area contributed by atoms with Crippen molar-refractivity contribution in [3.63, 3.8) is 0 Å². The minimum absolute atomic E-state index is 0.113. The predicted molar refractivity (Wildman–Crippen MR) is 57.6 cm³/mol. The van der Waals surface area contributed by atoms with Crippen LogP contribution in [0.3, 0.4) is 0 Å². The maximum Gasteiger partial charge on any atom is 0.307 e. The van der Waals surface area contributed by atoms with E-state index in [2.05, 4.69) is 10.1 Å². The minimum atomic E-state index is -0.346.